The van der Waals surface area contributed by atoms with E-state index >= 15 is 0 Å². The Balaban J connectivity index is 1.96. The smallest absolute Gasteiger partial charge is 0.146 e. The molecule has 1 aliphatic rings. The van der Waals surface area contributed by atoms with Gasteiger partial charge in [-0.2, -0.15) is 0 Å². The molecule has 2 atom stereocenters. The van der Waals surface area contributed by atoms with Crippen molar-refractivity contribution in [1.82, 2.24) is 15.3 Å². The zero-order chi connectivity index (χ0) is 9.80. The molecule has 0 aliphatic carbocycles. The molecule has 2 heterocycles. The molecule has 0 amide bonds. The van der Waals surface area contributed by atoms with E-state index in [2.05, 4.69) is 15.3 Å². The molecule has 1 aliphatic heterocycles. The van der Waals surface area contributed by atoms with Gasteiger partial charge >= 0.3 is 0 Å². The fourth-order valence-electron chi connectivity index (χ4n) is 1.45. The molecule has 0 radical (unpaired) electrons. The first-order valence-corrected chi connectivity index (χ1v) is 5.04. The van der Waals surface area contributed by atoms with Crippen molar-refractivity contribution in [2.24, 2.45) is 0 Å². The molecule has 4 nitrogen and oxygen atoms in total. The molecule has 5 heteroatoms. The second-order valence-corrected chi connectivity index (χ2v) is 3.61. The van der Waals surface area contributed by atoms with E-state index in [-0.39, 0.29) is 11.6 Å². The summed E-state index contributed by atoms with van der Waals surface area (Å²) in [7, 11) is 0. The van der Waals surface area contributed by atoms with Gasteiger partial charge in [-0.1, -0.05) is 11.6 Å². The molecule has 14 heavy (non-hydrogen) atoms. The predicted molar refractivity (Wildman–Crippen MR) is 53.1 cm³/mol. The maximum Gasteiger partial charge on any atom is 0.146 e. The maximum absolute atomic E-state index is 6.00. The molecule has 1 aromatic rings. The Kier molecular flexibility index (Phi) is 3.29. The van der Waals surface area contributed by atoms with E-state index in [4.69, 9.17) is 16.3 Å². The first-order valence-electron chi connectivity index (χ1n) is 4.60. The van der Waals surface area contributed by atoms with Crippen molar-refractivity contribution in [3.8, 4) is 0 Å². The van der Waals surface area contributed by atoms with Crippen LogP contribution in [0.4, 0.5) is 0 Å². The van der Waals surface area contributed by atoms with E-state index in [1.54, 1.807) is 18.6 Å². The number of rotatable bonds is 2. The third kappa shape index (κ3) is 2.41. The first kappa shape index (κ1) is 9.83. The molecule has 1 fully saturated rings. The van der Waals surface area contributed by atoms with E-state index in [1.165, 1.54) is 0 Å². The van der Waals surface area contributed by atoms with Crippen molar-refractivity contribution in [1.29, 1.82) is 0 Å². The third-order valence-electron chi connectivity index (χ3n) is 2.15. The van der Waals surface area contributed by atoms with Crippen LogP contribution in [0.15, 0.2) is 18.6 Å². The van der Waals surface area contributed by atoms with Crippen LogP contribution >= 0.6 is 11.6 Å². The average molecular weight is 214 g/mol. The molecular formula is C9H12ClN3O. The Bertz CT molecular complexity index is 283. The van der Waals surface area contributed by atoms with Crippen LogP contribution in [-0.4, -0.2) is 34.7 Å². The van der Waals surface area contributed by atoms with E-state index in [1.807, 2.05) is 0 Å². The summed E-state index contributed by atoms with van der Waals surface area (Å²) in [6.45, 7) is 1.51. The number of hydrogen-bond acceptors (Lipinski definition) is 4. The van der Waals surface area contributed by atoms with Gasteiger partial charge in [-0.05, 0) is 0 Å². The van der Waals surface area contributed by atoms with E-state index < -0.39 is 0 Å². The summed E-state index contributed by atoms with van der Waals surface area (Å²) < 4.78 is 5.32. The van der Waals surface area contributed by atoms with Gasteiger partial charge in [0.1, 0.15) is 5.56 Å². The minimum Gasteiger partial charge on any atom is -0.359 e. The van der Waals surface area contributed by atoms with Gasteiger partial charge in [0.2, 0.25) is 0 Å². The lowest BCUT2D eigenvalue weighted by atomic mass is 10.1. The first-order chi connectivity index (χ1) is 6.86. The zero-order valence-electron chi connectivity index (χ0n) is 7.69. The van der Waals surface area contributed by atoms with Crippen molar-refractivity contribution in [3.05, 3.63) is 24.3 Å². The van der Waals surface area contributed by atoms with Gasteiger partial charge in [-0.25, -0.2) is 0 Å². The fourth-order valence-corrected chi connectivity index (χ4v) is 1.72. The van der Waals surface area contributed by atoms with E-state index in [0.29, 0.717) is 6.61 Å². The number of nitrogens with one attached hydrogen (secondary N) is 1. The molecule has 2 rings (SSSR count). The van der Waals surface area contributed by atoms with Crippen molar-refractivity contribution in [2.75, 3.05) is 13.2 Å². The fraction of sp³-hybridized carbons (Fsp3) is 0.556. The molecular weight excluding hydrogens is 202 g/mol. The molecule has 0 spiro atoms. The van der Waals surface area contributed by atoms with Gasteiger partial charge in [0.05, 0.1) is 18.3 Å². The van der Waals surface area contributed by atoms with Gasteiger partial charge in [-0.15, -0.1) is 0 Å². The summed E-state index contributed by atoms with van der Waals surface area (Å²) in [5.41, 5.74) is 0.659. The molecule has 1 N–H and O–H groups in total. The number of morpholine rings is 1. The van der Waals surface area contributed by atoms with Crippen molar-refractivity contribution >= 4 is 11.6 Å². The quantitative estimate of drug-likeness (QED) is 0.730. The normalized spacial score (nSPS) is 27.5. The number of alkyl halides is 1. The van der Waals surface area contributed by atoms with Crippen LogP contribution < -0.4 is 5.32 Å². The summed E-state index contributed by atoms with van der Waals surface area (Å²) in [5.74, 6) is 0. The number of hydrogen-bond donors (Lipinski definition) is 1. The molecule has 1 aromatic heterocycles. The topological polar surface area (TPSA) is 47.0 Å². The minimum atomic E-state index is -0.272. The molecule has 0 aromatic carbocycles. The largest absolute Gasteiger partial charge is 0.359 e. The second-order valence-electron chi connectivity index (χ2n) is 3.18. The van der Waals surface area contributed by atoms with E-state index in [9.17, 15) is 0 Å². The Morgan fingerprint density at radius 2 is 2.50 bits per heavy atom. The Hall–Kier alpha value is -0.710. The van der Waals surface area contributed by atoms with E-state index in [0.717, 1.165) is 18.7 Å². The highest BCUT2D eigenvalue weighted by atomic mass is 35.5. The molecule has 2 unspecified atom stereocenters. The molecule has 1 saturated heterocycles. The summed E-state index contributed by atoms with van der Waals surface area (Å²) in [6.07, 6.45) is 5.84. The number of aromatic nitrogens is 2. The summed E-state index contributed by atoms with van der Waals surface area (Å²) in [5, 5.41) is 3.29. The Labute approximate surface area is 87.7 Å². The summed E-state index contributed by atoms with van der Waals surface area (Å²) >= 11 is 6.00. The summed E-state index contributed by atoms with van der Waals surface area (Å²) in [4.78, 5) is 8.19. The highest BCUT2D eigenvalue weighted by Crippen LogP contribution is 2.12. The van der Waals surface area contributed by atoms with Crippen molar-refractivity contribution in [2.45, 2.75) is 18.0 Å². The monoisotopic (exact) mass is 213 g/mol. The number of nitrogens with zero attached hydrogens (tertiary/aromatic N) is 2. The maximum atomic E-state index is 6.00. The average Bonchev–Trinajstić information content (AvgIpc) is 2.23. The number of ether oxygens (including phenoxy) is 1. The van der Waals surface area contributed by atoms with Crippen LogP contribution in [0.3, 0.4) is 0 Å². The minimum absolute atomic E-state index is 0.127. The Morgan fingerprint density at radius 3 is 3.21 bits per heavy atom. The van der Waals surface area contributed by atoms with Crippen molar-refractivity contribution < 1.29 is 4.74 Å². The molecule has 0 bridgehead atoms. The van der Waals surface area contributed by atoms with Gasteiger partial charge in [0.25, 0.3) is 0 Å². The van der Waals surface area contributed by atoms with Gasteiger partial charge < -0.3 is 10.1 Å². The van der Waals surface area contributed by atoms with Crippen LogP contribution in [0.2, 0.25) is 0 Å². The molecule has 0 saturated carbocycles. The lowest BCUT2D eigenvalue weighted by Gasteiger charge is -2.28. The SMILES string of the molecule is ClC1OCCNC1Cc1cnccn1. The van der Waals surface area contributed by atoms with Crippen LogP contribution in [0.1, 0.15) is 5.69 Å². The van der Waals surface area contributed by atoms with Crippen LogP contribution in [0.5, 0.6) is 0 Å². The zero-order valence-corrected chi connectivity index (χ0v) is 8.44. The third-order valence-corrected chi connectivity index (χ3v) is 2.58. The standard InChI is InChI=1S/C9H12ClN3O/c10-9-8(13-3-4-14-9)5-7-6-11-1-2-12-7/h1-2,6,8-9,13H,3-5H2. The Morgan fingerprint density at radius 1 is 1.57 bits per heavy atom. The van der Waals surface area contributed by atoms with Gasteiger partial charge in [0, 0.05) is 31.6 Å². The van der Waals surface area contributed by atoms with Crippen LogP contribution in [-0.2, 0) is 11.2 Å². The lowest BCUT2D eigenvalue weighted by molar-refractivity contribution is 0.0475. The number of halogens is 1. The van der Waals surface area contributed by atoms with Crippen LogP contribution in [0, 0.1) is 0 Å². The highest BCUT2D eigenvalue weighted by Gasteiger charge is 2.23. The lowest BCUT2D eigenvalue weighted by Crippen LogP contribution is -2.47. The summed E-state index contributed by atoms with van der Waals surface area (Å²) in [6, 6.07) is 0.127. The second kappa shape index (κ2) is 4.68. The van der Waals surface area contributed by atoms with Gasteiger partial charge in [-0.3, -0.25) is 9.97 Å². The van der Waals surface area contributed by atoms with Crippen molar-refractivity contribution in [3.63, 3.8) is 0 Å². The predicted octanol–water partition coefficient (Wildman–Crippen LogP) is 0.572. The van der Waals surface area contributed by atoms with Gasteiger partial charge in [0.15, 0.2) is 0 Å². The highest BCUT2D eigenvalue weighted by molar-refractivity contribution is 6.20. The van der Waals surface area contributed by atoms with Crippen LogP contribution in [0.25, 0.3) is 0 Å². The molecule has 76 valence electrons.